The van der Waals surface area contributed by atoms with Crippen LogP contribution in [0, 0.1) is 0 Å². The van der Waals surface area contributed by atoms with Crippen LogP contribution >= 0.6 is 0 Å². The van der Waals surface area contributed by atoms with E-state index in [1.165, 1.54) is 6.26 Å². The molecule has 1 saturated heterocycles. The molecule has 0 radical (unpaired) electrons. The molecule has 0 aromatic carbocycles. The molecule has 1 N–H and O–H groups in total. The predicted octanol–water partition coefficient (Wildman–Crippen LogP) is -0.145. The van der Waals surface area contributed by atoms with Gasteiger partial charge in [0.2, 0.25) is 10.0 Å². The molecule has 0 bridgehead atoms. The lowest BCUT2D eigenvalue weighted by atomic mass is 9.96. The van der Waals surface area contributed by atoms with Gasteiger partial charge in [0.05, 0.1) is 18.4 Å². The van der Waals surface area contributed by atoms with E-state index in [1.54, 1.807) is 0 Å². The van der Waals surface area contributed by atoms with Crippen molar-refractivity contribution < 1.29 is 13.2 Å². The van der Waals surface area contributed by atoms with Gasteiger partial charge in [0.1, 0.15) is 6.10 Å². The third-order valence-electron chi connectivity index (χ3n) is 2.39. The fourth-order valence-electron chi connectivity index (χ4n) is 1.85. The van der Waals surface area contributed by atoms with Gasteiger partial charge in [-0.15, -0.1) is 0 Å². The molecule has 70 valence electrons. The minimum atomic E-state index is -3.06. The Morgan fingerprint density at radius 3 is 2.83 bits per heavy atom. The Balaban J connectivity index is 1.96. The number of rotatable bonds is 2. The maximum absolute atomic E-state index is 10.9. The summed E-state index contributed by atoms with van der Waals surface area (Å²) in [7, 11) is -3.06. The Hall–Kier alpha value is -0.130. The molecular weight excluding hydrogens is 178 g/mol. The molecule has 0 aromatic rings. The summed E-state index contributed by atoms with van der Waals surface area (Å²) in [6, 6.07) is 0.0266. The third kappa shape index (κ3) is 1.78. The summed E-state index contributed by atoms with van der Waals surface area (Å²) in [4.78, 5) is 0. The van der Waals surface area contributed by atoms with E-state index in [9.17, 15) is 8.42 Å². The lowest BCUT2D eigenvalue weighted by Crippen LogP contribution is -2.40. The molecule has 2 aliphatic rings. The van der Waals surface area contributed by atoms with Crippen LogP contribution in [0.1, 0.15) is 19.3 Å². The minimum Gasteiger partial charge on any atom is -0.368 e. The van der Waals surface area contributed by atoms with E-state index in [4.69, 9.17) is 4.74 Å². The standard InChI is InChI=1S/C7H13NO3S/c1-12(9,10)8-5-3-2-4-6-7(5)11-6/h5-8H,2-4H2,1H3/t5-,6+,7-/m1/s1. The van der Waals surface area contributed by atoms with Crippen molar-refractivity contribution in [3.8, 4) is 0 Å². The van der Waals surface area contributed by atoms with Crippen LogP contribution in [0.15, 0.2) is 0 Å². The topological polar surface area (TPSA) is 58.7 Å². The summed E-state index contributed by atoms with van der Waals surface area (Å²) in [6.07, 6.45) is 4.75. The number of hydrogen-bond acceptors (Lipinski definition) is 3. The molecule has 2 fully saturated rings. The highest BCUT2D eigenvalue weighted by molar-refractivity contribution is 7.88. The van der Waals surface area contributed by atoms with Crippen molar-refractivity contribution in [3.63, 3.8) is 0 Å². The van der Waals surface area contributed by atoms with Crippen molar-refractivity contribution in [1.82, 2.24) is 4.72 Å². The highest BCUT2D eigenvalue weighted by Gasteiger charge is 2.47. The maximum Gasteiger partial charge on any atom is 0.209 e. The van der Waals surface area contributed by atoms with Crippen LogP contribution in [-0.4, -0.2) is 32.9 Å². The fraction of sp³-hybridized carbons (Fsp3) is 1.00. The van der Waals surface area contributed by atoms with Gasteiger partial charge < -0.3 is 4.74 Å². The number of nitrogens with one attached hydrogen (secondary N) is 1. The molecule has 0 amide bonds. The zero-order valence-electron chi connectivity index (χ0n) is 6.99. The third-order valence-corrected chi connectivity index (χ3v) is 3.12. The van der Waals surface area contributed by atoms with Crippen LogP contribution < -0.4 is 4.72 Å². The second kappa shape index (κ2) is 2.68. The minimum absolute atomic E-state index is 0.0266. The Bertz CT molecular complexity index is 274. The monoisotopic (exact) mass is 191 g/mol. The molecule has 1 saturated carbocycles. The van der Waals surface area contributed by atoms with Crippen LogP contribution in [0.4, 0.5) is 0 Å². The van der Waals surface area contributed by atoms with Gasteiger partial charge in [-0.1, -0.05) is 0 Å². The summed E-state index contributed by atoms with van der Waals surface area (Å²) in [5.41, 5.74) is 0. The number of fused-ring (bicyclic) bond motifs is 1. The Morgan fingerprint density at radius 1 is 1.42 bits per heavy atom. The zero-order valence-corrected chi connectivity index (χ0v) is 7.80. The number of ether oxygens (including phenoxy) is 1. The van der Waals surface area contributed by atoms with Gasteiger partial charge in [-0.25, -0.2) is 13.1 Å². The Kier molecular flexibility index (Phi) is 1.89. The average Bonchev–Trinajstić information content (AvgIpc) is 2.62. The van der Waals surface area contributed by atoms with Gasteiger partial charge in [0, 0.05) is 0 Å². The number of hydrogen-bond donors (Lipinski definition) is 1. The molecule has 1 aliphatic heterocycles. The molecular formula is C7H13NO3S. The van der Waals surface area contributed by atoms with E-state index in [1.807, 2.05) is 0 Å². The second-order valence-corrected chi connectivity index (χ2v) is 5.35. The summed E-state index contributed by atoms with van der Waals surface area (Å²) in [6.45, 7) is 0. The maximum atomic E-state index is 10.9. The van der Waals surface area contributed by atoms with Gasteiger partial charge in [-0.05, 0) is 19.3 Å². The first kappa shape index (κ1) is 8.47. The van der Waals surface area contributed by atoms with Crippen molar-refractivity contribution in [2.75, 3.05) is 6.26 Å². The van der Waals surface area contributed by atoms with E-state index in [0.29, 0.717) is 6.10 Å². The molecule has 0 spiro atoms. The number of epoxide rings is 1. The quantitative estimate of drug-likeness (QED) is 0.618. The summed E-state index contributed by atoms with van der Waals surface area (Å²) in [5, 5.41) is 0. The molecule has 3 atom stereocenters. The lowest BCUT2D eigenvalue weighted by Gasteiger charge is -2.17. The molecule has 12 heavy (non-hydrogen) atoms. The van der Waals surface area contributed by atoms with Crippen molar-refractivity contribution in [2.45, 2.75) is 37.5 Å². The molecule has 4 nitrogen and oxygen atoms in total. The van der Waals surface area contributed by atoms with E-state index < -0.39 is 10.0 Å². The highest BCUT2D eigenvalue weighted by atomic mass is 32.2. The van der Waals surface area contributed by atoms with Crippen LogP contribution in [0.2, 0.25) is 0 Å². The SMILES string of the molecule is CS(=O)(=O)N[C@@H]1CCC[C@@H]2O[C@@H]21. The van der Waals surface area contributed by atoms with Crippen LogP contribution in [0.5, 0.6) is 0 Å². The molecule has 0 aromatic heterocycles. The smallest absolute Gasteiger partial charge is 0.209 e. The molecule has 2 rings (SSSR count). The van der Waals surface area contributed by atoms with Gasteiger partial charge in [0.25, 0.3) is 0 Å². The average molecular weight is 191 g/mol. The van der Waals surface area contributed by atoms with Crippen LogP contribution in [0.25, 0.3) is 0 Å². The van der Waals surface area contributed by atoms with E-state index in [2.05, 4.69) is 4.72 Å². The first-order chi connectivity index (χ1) is 5.56. The summed E-state index contributed by atoms with van der Waals surface area (Å²) in [5.74, 6) is 0. The molecule has 1 heterocycles. The Labute approximate surface area is 72.3 Å². The Morgan fingerprint density at radius 2 is 2.17 bits per heavy atom. The number of sulfonamides is 1. The fourth-order valence-corrected chi connectivity index (χ4v) is 2.65. The second-order valence-electron chi connectivity index (χ2n) is 3.57. The molecule has 5 heteroatoms. The van der Waals surface area contributed by atoms with Gasteiger partial charge >= 0.3 is 0 Å². The zero-order chi connectivity index (χ0) is 8.77. The molecule has 1 aliphatic carbocycles. The van der Waals surface area contributed by atoms with Crippen molar-refractivity contribution in [1.29, 1.82) is 0 Å². The van der Waals surface area contributed by atoms with Crippen molar-refractivity contribution in [3.05, 3.63) is 0 Å². The van der Waals surface area contributed by atoms with Crippen molar-refractivity contribution in [2.24, 2.45) is 0 Å². The van der Waals surface area contributed by atoms with Gasteiger partial charge in [0.15, 0.2) is 0 Å². The normalized spacial score (nSPS) is 40.6. The van der Waals surface area contributed by atoms with Crippen LogP contribution in [-0.2, 0) is 14.8 Å². The van der Waals surface area contributed by atoms with Crippen molar-refractivity contribution >= 4 is 10.0 Å². The van der Waals surface area contributed by atoms with Crippen LogP contribution in [0.3, 0.4) is 0 Å². The lowest BCUT2D eigenvalue weighted by molar-refractivity contribution is 0.351. The van der Waals surface area contributed by atoms with E-state index >= 15 is 0 Å². The molecule has 0 unspecified atom stereocenters. The largest absolute Gasteiger partial charge is 0.368 e. The first-order valence-electron chi connectivity index (χ1n) is 4.19. The predicted molar refractivity (Wildman–Crippen MR) is 44.3 cm³/mol. The summed E-state index contributed by atoms with van der Waals surface area (Å²) >= 11 is 0. The first-order valence-corrected chi connectivity index (χ1v) is 6.08. The van der Waals surface area contributed by atoms with Gasteiger partial charge in [-0.2, -0.15) is 0 Å². The summed E-state index contributed by atoms with van der Waals surface area (Å²) < 4.78 is 29.7. The van der Waals surface area contributed by atoms with E-state index in [-0.39, 0.29) is 12.1 Å². The van der Waals surface area contributed by atoms with Gasteiger partial charge in [-0.3, -0.25) is 0 Å². The highest BCUT2D eigenvalue weighted by Crippen LogP contribution is 2.36. The van der Waals surface area contributed by atoms with E-state index in [0.717, 1.165) is 19.3 Å².